The van der Waals surface area contributed by atoms with E-state index in [1.54, 1.807) is 0 Å². The molecule has 0 bridgehead atoms. The molecule has 108 valence electrons. The molecular formula is C15H20N2OS2. The Morgan fingerprint density at radius 2 is 2.30 bits per heavy atom. The van der Waals surface area contributed by atoms with Gasteiger partial charge < -0.3 is 5.73 Å². The molecular weight excluding hydrogens is 288 g/mol. The van der Waals surface area contributed by atoms with Crippen molar-refractivity contribution >= 4 is 38.0 Å². The van der Waals surface area contributed by atoms with Crippen LogP contribution in [0.15, 0.2) is 22.5 Å². The van der Waals surface area contributed by atoms with Gasteiger partial charge in [0.15, 0.2) is 4.34 Å². The summed E-state index contributed by atoms with van der Waals surface area (Å²) in [7, 11) is -0.965. The third kappa shape index (κ3) is 2.74. The van der Waals surface area contributed by atoms with Crippen LogP contribution in [0.25, 0.3) is 10.2 Å². The summed E-state index contributed by atoms with van der Waals surface area (Å²) >= 11 is 1.53. The first-order valence-electron chi connectivity index (χ1n) is 7.24. The van der Waals surface area contributed by atoms with E-state index in [1.807, 2.05) is 18.2 Å². The summed E-state index contributed by atoms with van der Waals surface area (Å²) in [5.74, 6) is 0.739. The quantitative estimate of drug-likeness (QED) is 0.873. The summed E-state index contributed by atoms with van der Waals surface area (Å²) in [6.07, 6.45) is 5.85. The van der Waals surface area contributed by atoms with Crippen LogP contribution in [-0.4, -0.2) is 14.4 Å². The van der Waals surface area contributed by atoms with Crippen LogP contribution in [0.1, 0.15) is 39.0 Å². The van der Waals surface area contributed by atoms with Gasteiger partial charge in [-0.3, -0.25) is 4.21 Å². The lowest BCUT2D eigenvalue weighted by Gasteiger charge is -2.26. The first-order valence-corrected chi connectivity index (χ1v) is 9.27. The van der Waals surface area contributed by atoms with Crippen LogP contribution in [0.5, 0.6) is 0 Å². The zero-order valence-corrected chi connectivity index (χ0v) is 13.3. The fraction of sp³-hybridized carbons (Fsp3) is 0.533. The van der Waals surface area contributed by atoms with Gasteiger partial charge in [-0.15, -0.1) is 11.3 Å². The minimum Gasteiger partial charge on any atom is -0.399 e. The highest BCUT2D eigenvalue weighted by Gasteiger charge is 2.27. The van der Waals surface area contributed by atoms with Crippen LogP contribution in [0, 0.1) is 5.92 Å². The van der Waals surface area contributed by atoms with E-state index in [0.29, 0.717) is 0 Å². The molecule has 2 N–H and O–H groups in total. The van der Waals surface area contributed by atoms with Crippen molar-refractivity contribution in [3.05, 3.63) is 18.2 Å². The Kier molecular flexibility index (Phi) is 4.08. The average Bonchev–Trinajstić information content (AvgIpc) is 2.89. The van der Waals surface area contributed by atoms with E-state index in [2.05, 4.69) is 11.9 Å². The molecule has 1 saturated carbocycles. The second-order valence-electron chi connectivity index (χ2n) is 5.57. The molecule has 1 aliphatic rings. The van der Waals surface area contributed by atoms with E-state index in [1.165, 1.54) is 30.6 Å². The molecule has 1 fully saturated rings. The maximum Gasteiger partial charge on any atom is 0.182 e. The van der Waals surface area contributed by atoms with Gasteiger partial charge in [0, 0.05) is 10.9 Å². The number of hydrogen-bond acceptors (Lipinski definition) is 4. The van der Waals surface area contributed by atoms with E-state index in [0.717, 1.165) is 39.0 Å². The summed E-state index contributed by atoms with van der Waals surface area (Å²) in [5.41, 5.74) is 7.44. The predicted molar refractivity (Wildman–Crippen MR) is 86.5 cm³/mol. The van der Waals surface area contributed by atoms with Crippen LogP contribution in [-0.2, 0) is 10.8 Å². The van der Waals surface area contributed by atoms with Gasteiger partial charge in [-0.2, -0.15) is 0 Å². The Labute approximate surface area is 126 Å². The van der Waals surface area contributed by atoms with E-state index < -0.39 is 10.8 Å². The maximum atomic E-state index is 12.7. The maximum absolute atomic E-state index is 12.7. The number of benzene rings is 1. The second kappa shape index (κ2) is 5.82. The molecule has 0 aliphatic heterocycles. The highest BCUT2D eigenvalue weighted by molar-refractivity contribution is 7.88. The fourth-order valence-electron chi connectivity index (χ4n) is 2.96. The van der Waals surface area contributed by atoms with Crippen molar-refractivity contribution < 1.29 is 4.21 Å². The lowest BCUT2D eigenvalue weighted by molar-refractivity contribution is 0.353. The SMILES string of the molecule is CCC1CCCC(S(=O)c2nc3ccc(N)cc3s2)C1. The van der Waals surface area contributed by atoms with Crippen molar-refractivity contribution in [2.24, 2.45) is 5.92 Å². The lowest BCUT2D eigenvalue weighted by Crippen LogP contribution is -2.24. The number of hydrogen-bond donors (Lipinski definition) is 1. The fourth-order valence-corrected chi connectivity index (χ4v) is 6.01. The average molecular weight is 308 g/mol. The zero-order chi connectivity index (χ0) is 14.1. The smallest absolute Gasteiger partial charge is 0.182 e. The Bertz CT molecular complexity index is 638. The highest BCUT2D eigenvalue weighted by Crippen LogP contribution is 2.34. The molecule has 0 amide bonds. The first kappa shape index (κ1) is 14.0. The van der Waals surface area contributed by atoms with Gasteiger partial charge in [0.1, 0.15) is 0 Å². The van der Waals surface area contributed by atoms with Crippen LogP contribution >= 0.6 is 11.3 Å². The van der Waals surface area contributed by atoms with Gasteiger partial charge in [-0.25, -0.2) is 4.98 Å². The molecule has 3 nitrogen and oxygen atoms in total. The molecule has 1 heterocycles. The molecule has 1 aromatic heterocycles. The molecule has 1 aromatic carbocycles. The van der Waals surface area contributed by atoms with E-state index in [-0.39, 0.29) is 5.25 Å². The Morgan fingerprint density at radius 3 is 3.10 bits per heavy atom. The lowest BCUT2D eigenvalue weighted by atomic mass is 9.87. The number of rotatable bonds is 3. The third-order valence-electron chi connectivity index (χ3n) is 4.18. The molecule has 3 unspecified atom stereocenters. The number of thiazole rings is 1. The van der Waals surface area contributed by atoms with Crippen molar-refractivity contribution in [1.29, 1.82) is 0 Å². The summed E-state index contributed by atoms with van der Waals surface area (Å²) in [6.45, 7) is 2.23. The van der Waals surface area contributed by atoms with E-state index >= 15 is 0 Å². The molecule has 3 rings (SSSR count). The van der Waals surface area contributed by atoms with Gasteiger partial charge in [-0.1, -0.05) is 26.2 Å². The number of anilines is 1. The van der Waals surface area contributed by atoms with E-state index in [9.17, 15) is 4.21 Å². The summed E-state index contributed by atoms with van der Waals surface area (Å²) in [5, 5.41) is 0.284. The van der Waals surface area contributed by atoms with Crippen LogP contribution in [0.3, 0.4) is 0 Å². The van der Waals surface area contributed by atoms with Gasteiger partial charge in [0.05, 0.1) is 21.0 Å². The molecule has 5 heteroatoms. The number of nitrogen functional groups attached to an aromatic ring is 1. The highest BCUT2D eigenvalue weighted by atomic mass is 32.2. The Balaban J connectivity index is 1.84. The largest absolute Gasteiger partial charge is 0.399 e. The Hall–Kier alpha value is -0.940. The summed E-state index contributed by atoms with van der Waals surface area (Å²) in [4.78, 5) is 4.54. The van der Waals surface area contributed by atoms with Crippen molar-refractivity contribution in [1.82, 2.24) is 4.98 Å². The van der Waals surface area contributed by atoms with Gasteiger partial charge >= 0.3 is 0 Å². The second-order valence-corrected chi connectivity index (χ2v) is 8.50. The standard InChI is InChI=1S/C15H20N2OS2/c1-2-10-4-3-5-12(8-10)20(18)15-17-13-7-6-11(16)9-14(13)19-15/h6-7,9-10,12H,2-5,8,16H2,1H3. The normalized spacial score (nSPS) is 24.9. The number of aromatic nitrogens is 1. The molecule has 0 saturated heterocycles. The van der Waals surface area contributed by atoms with Crippen LogP contribution < -0.4 is 5.73 Å². The van der Waals surface area contributed by atoms with Crippen molar-refractivity contribution in [3.8, 4) is 0 Å². The number of fused-ring (bicyclic) bond motifs is 1. The third-order valence-corrected chi connectivity index (χ3v) is 7.20. The molecule has 0 radical (unpaired) electrons. The van der Waals surface area contributed by atoms with Crippen molar-refractivity contribution in [3.63, 3.8) is 0 Å². The monoisotopic (exact) mass is 308 g/mol. The minimum atomic E-state index is -0.965. The van der Waals surface area contributed by atoms with Gasteiger partial charge in [0.2, 0.25) is 0 Å². The van der Waals surface area contributed by atoms with Crippen molar-refractivity contribution in [2.45, 2.75) is 48.6 Å². The first-order chi connectivity index (χ1) is 9.67. The minimum absolute atomic E-state index is 0.284. The Morgan fingerprint density at radius 1 is 1.45 bits per heavy atom. The summed E-state index contributed by atoms with van der Waals surface area (Å²) < 4.78 is 14.6. The topological polar surface area (TPSA) is 56.0 Å². The number of nitrogens with two attached hydrogens (primary N) is 1. The number of nitrogens with zero attached hydrogens (tertiary/aromatic N) is 1. The molecule has 3 atom stereocenters. The van der Waals surface area contributed by atoms with Crippen molar-refractivity contribution in [2.75, 3.05) is 5.73 Å². The summed E-state index contributed by atoms with van der Waals surface area (Å²) in [6, 6.07) is 5.68. The zero-order valence-electron chi connectivity index (χ0n) is 11.7. The van der Waals surface area contributed by atoms with E-state index in [4.69, 9.17) is 5.73 Å². The molecule has 2 aromatic rings. The van der Waals surface area contributed by atoms with Crippen LogP contribution in [0.2, 0.25) is 0 Å². The van der Waals surface area contributed by atoms with Gasteiger partial charge in [0.25, 0.3) is 0 Å². The molecule has 0 spiro atoms. The van der Waals surface area contributed by atoms with Crippen LogP contribution in [0.4, 0.5) is 5.69 Å². The molecule has 20 heavy (non-hydrogen) atoms. The predicted octanol–water partition coefficient (Wildman–Crippen LogP) is 3.95. The molecule has 1 aliphatic carbocycles. The van der Waals surface area contributed by atoms with Gasteiger partial charge in [-0.05, 0) is 37.0 Å².